The van der Waals surface area contributed by atoms with Crippen molar-refractivity contribution in [2.24, 2.45) is 11.3 Å². The number of rotatable bonds is 16. The lowest BCUT2D eigenvalue weighted by Crippen LogP contribution is -2.58. The number of benzene rings is 1. The third-order valence-corrected chi connectivity index (χ3v) is 10.7. The van der Waals surface area contributed by atoms with Gasteiger partial charge in [-0.25, -0.2) is 18.2 Å². The number of likely N-dealkylation sites (tertiary alicyclic amines) is 1. The van der Waals surface area contributed by atoms with Gasteiger partial charge in [-0.3, -0.25) is 19.1 Å². The van der Waals surface area contributed by atoms with Crippen molar-refractivity contribution in [1.29, 1.82) is 0 Å². The third kappa shape index (κ3) is 10.1. The zero-order valence-corrected chi connectivity index (χ0v) is 29.7. The van der Waals surface area contributed by atoms with Crippen LogP contribution in [0.4, 0.5) is 4.79 Å². The van der Waals surface area contributed by atoms with Crippen LogP contribution in [0.15, 0.2) is 49.2 Å². The van der Waals surface area contributed by atoms with E-state index in [1.165, 1.54) is 11.0 Å². The summed E-state index contributed by atoms with van der Waals surface area (Å²) >= 11 is 0. The summed E-state index contributed by atoms with van der Waals surface area (Å²) in [4.78, 5) is 58.9. The molecule has 12 nitrogen and oxygen atoms in total. The molecular weight excluding hydrogens is 646 g/mol. The number of methoxy groups -OCH3 is 1. The Bertz CT molecular complexity index is 1680. The van der Waals surface area contributed by atoms with E-state index >= 15 is 0 Å². The number of pyridine rings is 1. The third-order valence-electron chi connectivity index (χ3n) is 8.86. The average molecular weight is 696 g/mol. The number of carbonyl (C=O) groups is 4. The average Bonchev–Trinajstić information content (AvgIpc) is 3.81. The summed E-state index contributed by atoms with van der Waals surface area (Å²) in [7, 11) is -2.17. The van der Waals surface area contributed by atoms with Crippen LogP contribution in [0.2, 0.25) is 0 Å². The molecule has 2 fully saturated rings. The Morgan fingerprint density at radius 2 is 1.90 bits per heavy atom. The van der Waals surface area contributed by atoms with Gasteiger partial charge in [0.15, 0.2) is 5.78 Å². The van der Waals surface area contributed by atoms with Crippen LogP contribution in [0.3, 0.4) is 0 Å². The van der Waals surface area contributed by atoms with E-state index in [1.54, 1.807) is 13.3 Å². The van der Waals surface area contributed by atoms with E-state index in [0.29, 0.717) is 51.1 Å². The molecule has 1 aromatic heterocycles. The fraction of sp³-hybridized carbons (Fsp3) is 0.528. The van der Waals surface area contributed by atoms with Gasteiger partial charge < -0.3 is 20.3 Å². The predicted octanol–water partition coefficient (Wildman–Crippen LogP) is 4.50. The zero-order chi connectivity index (χ0) is 35.8. The number of ketones is 1. The number of sulfonamides is 1. The second-order valence-electron chi connectivity index (χ2n) is 13.8. The molecule has 13 heteroatoms. The number of amides is 4. The Balaban J connectivity index is 1.29. The van der Waals surface area contributed by atoms with Crippen LogP contribution < -0.4 is 20.1 Å². The van der Waals surface area contributed by atoms with E-state index in [-0.39, 0.29) is 24.5 Å². The molecule has 1 aromatic carbocycles. The molecule has 1 saturated carbocycles. The fourth-order valence-electron chi connectivity index (χ4n) is 5.98. The zero-order valence-electron chi connectivity index (χ0n) is 28.9. The van der Waals surface area contributed by atoms with E-state index < -0.39 is 50.6 Å². The fourth-order valence-corrected chi connectivity index (χ4v) is 7.35. The van der Waals surface area contributed by atoms with Crippen LogP contribution in [0.1, 0.15) is 77.7 Å². The Hall–Kier alpha value is -4.26. The van der Waals surface area contributed by atoms with Crippen LogP contribution in [0.25, 0.3) is 16.8 Å². The van der Waals surface area contributed by atoms with Crippen molar-refractivity contribution in [3.8, 4) is 5.88 Å². The maximum absolute atomic E-state index is 13.9. The van der Waals surface area contributed by atoms with Crippen LogP contribution in [-0.2, 0) is 24.4 Å². The molecule has 1 unspecified atom stereocenters. The van der Waals surface area contributed by atoms with Gasteiger partial charge in [0.05, 0.1) is 18.4 Å². The molecule has 0 bridgehead atoms. The van der Waals surface area contributed by atoms with Gasteiger partial charge in [-0.1, -0.05) is 51.1 Å². The number of nitrogens with one attached hydrogen (secondary N) is 3. The number of unbranched alkanes of at least 4 members (excludes halogenated alkanes) is 1. The lowest BCUT2D eigenvalue weighted by molar-refractivity contribution is -0.141. The molecular formula is C36H49N5O7S. The Kier molecular flexibility index (Phi) is 12.6. The van der Waals surface area contributed by atoms with Crippen molar-refractivity contribution in [3.05, 3.63) is 54.8 Å². The van der Waals surface area contributed by atoms with Gasteiger partial charge in [-0.15, -0.1) is 6.58 Å². The highest BCUT2D eigenvalue weighted by Gasteiger charge is 2.43. The normalized spacial score (nSPS) is 17.8. The molecule has 4 amide bonds. The minimum Gasteiger partial charge on any atom is -0.481 e. The molecule has 3 N–H and O–H groups in total. The van der Waals surface area contributed by atoms with E-state index in [2.05, 4.69) is 26.9 Å². The summed E-state index contributed by atoms with van der Waals surface area (Å²) in [5, 5.41) is 7.06. The molecule has 0 radical (unpaired) electrons. The van der Waals surface area contributed by atoms with E-state index in [9.17, 15) is 27.6 Å². The topological polar surface area (TPSA) is 164 Å². The number of Topliss-reactive ketones (excluding diaryl/α,β-unsaturated/α-hetero) is 1. The number of carbonyl (C=O) groups excluding carboxylic acids is 4. The second kappa shape index (κ2) is 16.4. The number of hydrogen-bond donors (Lipinski definition) is 3. The number of ether oxygens (including phenoxy) is 1. The largest absolute Gasteiger partial charge is 0.481 e. The molecule has 1 aliphatic heterocycles. The summed E-state index contributed by atoms with van der Waals surface area (Å²) in [5.41, 5.74) is 0.351. The summed E-state index contributed by atoms with van der Waals surface area (Å²) in [5.74, 6) is -1.76. The van der Waals surface area contributed by atoms with Gasteiger partial charge in [-0.2, -0.15) is 0 Å². The van der Waals surface area contributed by atoms with Crippen molar-refractivity contribution in [3.63, 3.8) is 0 Å². The number of urea groups is 1. The number of nitrogens with zero attached hydrogens (tertiary/aromatic N) is 2. The Morgan fingerprint density at radius 3 is 2.57 bits per heavy atom. The lowest BCUT2D eigenvalue weighted by atomic mass is 9.85. The molecule has 2 aromatic rings. The van der Waals surface area contributed by atoms with Gasteiger partial charge in [0.2, 0.25) is 27.7 Å². The lowest BCUT2D eigenvalue weighted by Gasteiger charge is -2.35. The quantitative estimate of drug-likeness (QED) is 0.171. The van der Waals surface area contributed by atoms with Crippen LogP contribution in [0.5, 0.6) is 5.88 Å². The van der Waals surface area contributed by atoms with Gasteiger partial charge in [0, 0.05) is 37.0 Å². The number of allylic oxidation sites excluding steroid dienone is 2. The predicted molar refractivity (Wildman–Crippen MR) is 189 cm³/mol. The van der Waals surface area contributed by atoms with Crippen LogP contribution >= 0.6 is 0 Å². The first-order valence-electron chi connectivity index (χ1n) is 16.9. The monoisotopic (exact) mass is 695 g/mol. The summed E-state index contributed by atoms with van der Waals surface area (Å²) < 4.78 is 32.2. The number of hydrogen-bond acceptors (Lipinski definition) is 8. The molecule has 0 spiro atoms. The Labute approximate surface area is 289 Å². The van der Waals surface area contributed by atoms with E-state index in [0.717, 1.165) is 22.8 Å². The van der Waals surface area contributed by atoms with Crippen molar-refractivity contribution in [2.45, 2.75) is 89.5 Å². The van der Waals surface area contributed by atoms with E-state index in [1.807, 2.05) is 57.2 Å². The molecule has 4 rings (SSSR count). The number of aromatic nitrogens is 1. The van der Waals surface area contributed by atoms with Crippen molar-refractivity contribution >= 4 is 50.5 Å². The van der Waals surface area contributed by atoms with Crippen LogP contribution in [-0.4, -0.2) is 79.5 Å². The molecule has 1 aliphatic carbocycles. The highest BCUT2D eigenvalue weighted by Crippen LogP contribution is 2.30. The van der Waals surface area contributed by atoms with Crippen molar-refractivity contribution in [1.82, 2.24) is 25.2 Å². The van der Waals surface area contributed by atoms with Gasteiger partial charge in [0.1, 0.15) is 6.04 Å². The van der Waals surface area contributed by atoms with E-state index in [4.69, 9.17) is 4.74 Å². The van der Waals surface area contributed by atoms with Crippen molar-refractivity contribution in [2.75, 3.05) is 20.2 Å². The maximum Gasteiger partial charge on any atom is 0.315 e. The summed E-state index contributed by atoms with van der Waals surface area (Å²) in [6.45, 7) is 9.92. The standard InChI is InChI=1S/C36H49N5O7S/c1-6-11-26(32(43)40-49(46,47)27-16-17-27)23-30(42)29-13-10-21-41(29)34(44)31(36(2,3)4)39-35(45)38-19-9-7-8-12-24-14-15-25-18-20-37-33(48-5)28(25)22-24/h6,8,12,14-15,18,20,22,26-27,29,31H,1,7,9-11,13,16-17,19,21,23H2,2-5H3,(H,40,43)(H2,38,39,45)/b12-8+/t26?,29-,31+/m0/s1. The highest BCUT2D eigenvalue weighted by molar-refractivity contribution is 7.90. The molecule has 1 saturated heterocycles. The SMILES string of the molecule is C=CCC(CC(=O)[C@@H]1CCCN1C(=O)[C@@H](NC(=O)NCCC/C=C/c1ccc2ccnc(OC)c2c1)C(C)(C)C)C(=O)NS(=O)(=O)C1CC1. The smallest absolute Gasteiger partial charge is 0.315 e. The molecule has 49 heavy (non-hydrogen) atoms. The minimum atomic E-state index is -3.76. The second-order valence-corrected chi connectivity index (χ2v) is 15.8. The Morgan fingerprint density at radius 1 is 1.14 bits per heavy atom. The van der Waals surface area contributed by atoms with Gasteiger partial charge in [-0.05, 0) is 73.4 Å². The summed E-state index contributed by atoms with van der Waals surface area (Å²) in [6.07, 6.45) is 10.6. The van der Waals surface area contributed by atoms with Gasteiger partial charge in [0.25, 0.3) is 0 Å². The summed E-state index contributed by atoms with van der Waals surface area (Å²) in [6, 6.07) is 5.83. The molecule has 2 heterocycles. The minimum absolute atomic E-state index is 0.122. The molecule has 2 aliphatic rings. The highest BCUT2D eigenvalue weighted by atomic mass is 32.2. The molecule has 3 atom stereocenters. The first-order valence-corrected chi connectivity index (χ1v) is 18.4. The van der Waals surface area contributed by atoms with Gasteiger partial charge >= 0.3 is 6.03 Å². The molecule has 266 valence electrons. The maximum atomic E-state index is 13.9. The first-order chi connectivity index (χ1) is 23.2. The van der Waals surface area contributed by atoms with Crippen LogP contribution in [0, 0.1) is 11.3 Å². The first kappa shape index (κ1) is 37.6. The van der Waals surface area contributed by atoms with Crippen molar-refractivity contribution < 1.29 is 32.3 Å². The number of fused-ring (bicyclic) bond motifs is 1.